The summed E-state index contributed by atoms with van der Waals surface area (Å²) in [5.74, 6) is 2.17. The maximum atomic E-state index is 6.78. The largest absolute Gasteiger partial charge is 0.451 e. The van der Waals surface area contributed by atoms with Crippen LogP contribution in [-0.2, 0) is 17.2 Å². The van der Waals surface area contributed by atoms with E-state index in [4.69, 9.17) is 26.2 Å². The van der Waals surface area contributed by atoms with Crippen LogP contribution in [-0.4, -0.2) is 52.1 Å². The van der Waals surface area contributed by atoms with Crippen molar-refractivity contribution in [3.05, 3.63) is 47.1 Å². The van der Waals surface area contributed by atoms with Gasteiger partial charge < -0.3 is 19.4 Å². The van der Waals surface area contributed by atoms with Crippen LogP contribution in [0.25, 0.3) is 16.8 Å². The number of nitrogens with zero attached hydrogens (tertiary/aromatic N) is 8. The van der Waals surface area contributed by atoms with Gasteiger partial charge in [-0.1, -0.05) is 32.4 Å². The minimum Gasteiger partial charge on any atom is -0.451 e. The Kier molecular flexibility index (Phi) is 5.57. The predicted octanol–water partition coefficient (Wildman–Crippen LogP) is 4.96. The Morgan fingerprint density at radius 2 is 2.00 bits per heavy atom. The quantitative estimate of drug-likeness (QED) is 0.345. The fraction of sp³-hybridized carbons (Fsp3) is 0.400. The Morgan fingerprint density at radius 1 is 1.16 bits per heavy atom. The second kappa shape index (κ2) is 8.70. The summed E-state index contributed by atoms with van der Waals surface area (Å²) >= 11 is 6.78. The molecule has 1 atom stereocenters. The molecule has 11 nitrogen and oxygen atoms in total. The summed E-state index contributed by atoms with van der Waals surface area (Å²) in [6.45, 7) is 9.88. The number of fused-ring (bicyclic) bond motifs is 2. The van der Waals surface area contributed by atoms with Crippen LogP contribution in [0.15, 0.2) is 30.7 Å². The number of anilines is 2. The number of pyridine rings is 1. The number of halogens is 1. The zero-order valence-electron chi connectivity index (χ0n) is 21.4. The lowest BCUT2D eigenvalue weighted by Gasteiger charge is -2.22. The second-order valence-electron chi connectivity index (χ2n) is 10.3. The Labute approximate surface area is 218 Å². The fourth-order valence-corrected chi connectivity index (χ4v) is 4.88. The average molecular weight is 522 g/mol. The molecule has 0 radical (unpaired) electrons. The van der Waals surface area contributed by atoms with E-state index in [0.717, 1.165) is 30.1 Å². The summed E-state index contributed by atoms with van der Waals surface area (Å²) in [4.78, 5) is 13.5. The van der Waals surface area contributed by atoms with Crippen molar-refractivity contribution >= 4 is 40.2 Å². The van der Waals surface area contributed by atoms with Crippen molar-refractivity contribution in [1.29, 1.82) is 0 Å². The zero-order valence-corrected chi connectivity index (χ0v) is 22.1. The van der Waals surface area contributed by atoms with Crippen LogP contribution in [0.1, 0.15) is 44.6 Å². The normalized spacial score (nSPS) is 16.2. The number of hydrogen-bond acceptors (Lipinski definition) is 8. The van der Waals surface area contributed by atoms with Crippen molar-refractivity contribution in [3.8, 4) is 11.5 Å². The van der Waals surface area contributed by atoms with E-state index in [1.165, 1.54) is 0 Å². The van der Waals surface area contributed by atoms with Crippen LogP contribution in [0, 0.1) is 6.92 Å². The van der Waals surface area contributed by atoms with Crippen molar-refractivity contribution in [2.24, 2.45) is 7.05 Å². The molecule has 37 heavy (non-hydrogen) atoms. The molecule has 0 bridgehead atoms. The molecule has 1 aliphatic rings. The first-order valence-electron chi connectivity index (χ1n) is 12.1. The summed E-state index contributed by atoms with van der Waals surface area (Å²) in [5.41, 5.74) is 3.81. The molecule has 0 saturated carbocycles. The van der Waals surface area contributed by atoms with Gasteiger partial charge in [-0.3, -0.25) is 4.68 Å². The molecule has 1 aliphatic heterocycles. The molecule has 0 unspecified atom stereocenters. The molecule has 5 aromatic heterocycles. The number of imidazole rings is 1. The summed E-state index contributed by atoms with van der Waals surface area (Å²) in [6.07, 6.45) is 5.89. The van der Waals surface area contributed by atoms with E-state index in [1.54, 1.807) is 23.1 Å². The van der Waals surface area contributed by atoms with E-state index in [1.807, 2.05) is 24.6 Å². The lowest BCUT2D eigenvalue weighted by molar-refractivity contribution is 0.183. The van der Waals surface area contributed by atoms with Crippen LogP contribution in [0.4, 0.5) is 11.8 Å². The summed E-state index contributed by atoms with van der Waals surface area (Å²) in [7, 11) is 1.88. The Morgan fingerprint density at radius 3 is 2.76 bits per heavy atom. The topological polar surface area (TPSA) is 109 Å². The minimum absolute atomic E-state index is 0.0777. The van der Waals surface area contributed by atoms with Gasteiger partial charge in [-0.05, 0) is 13.3 Å². The first kappa shape index (κ1) is 23.7. The summed E-state index contributed by atoms with van der Waals surface area (Å²) in [5, 5.41) is 13.0. The predicted molar refractivity (Wildman–Crippen MR) is 140 cm³/mol. The highest BCUT2D eigenvalue weighted by Crippen LogP contribution is 2.36. The van der Waals surface area contributed by atoms with Gasteiger partial charge in [0.1, 0.15) is 10.5 Å². The third kappa shape index (κ3) is 4.27. The lowest BCUT2D eigenvalue weighted by atomic mass is 9.91. The van der Waals surface area contributed by atoms with E-state index < -0.39 is 0 Å². The van der Waals surface area contributed by atoms with Gasteiger partial charge in [-0.25, -0.2) is 14.5 Å². The molecule has 0 aliphatic carbocycles. The van der Waals surface area contributed by atoms with Crippen LogP contribution in [0.3, 0.4) is 0 Å². The van der Waals surface area contributed by atoms with Gasteiger partial charge in [0, 0.05) is 36.9 Å². The van der Waals surface area contributed by atoms with Gasteiger partial charge in [0.25, 0.3) is 0 Å². The molecule has 1 fully saturated rings. The molecular formula is C25H28ClN9O2. The molecule has 5 aromatic rings. The minimum atomic E-state index is -0.0777. The summed E-state index contributed by atoms with van der Waals surface area (Å²) < 4.78 is 17.2. The van der Waals surface area contributed by atoms with Crippen molar-refractivity contribution in [3.63, 3.8) is 0 Å². The highest BCUT2D eigenvalue weighted by Gasteiger charge is 2.28. The van der Waals surface area contributed by atoms with Crippen LogP contribution >= 0.6 is 11.6 Å². The molecule has 192 valence electrons. The van der Waals surface area contributed by atoms with Crippen molar-refractivity contribution in [2.45, 2.75) is 45.6 Å². The maximum absolute atomic E-state index is 6.78. The van der Waals surface area contributed by atoms with Gasteiger partial charge in [-0.15, -0.1) is 0 Å². The van der Waals surface area contributed by atoms with Gasteiger partial charge in [0.15, 0.2) is 28.6 Å². The highest BCUT2D eigenvalue weighted by molar-refractivity contribution is 6.36. The Balaban J connectivity index is 1.32. The molecule has 1 N–H and O–H groups in total. The molecule has 0 amide bonds. The monoisotopic (exact) mass is 521 g/mol. The fourth-order valence-electron chi connectivity index (χ4n) is 4.58. The molecule has 0 spiro atoms. The average Bonchev–Trinajstić information content (AvgIpc) is 3.61. The Bertz CT molecular complexity index is 1620. The standard InChI is InChI=1S/C25H28ClN9O2/c1-14-8-20-27-10-16(12-34(20)31-14)37-17-11-28-23-22(21(17)26)33(5)24(30-23)29-19-9-18(25(2,3)4)35(32-19)15-6-7-36-13-15/h8-12,15H,6-7,13H2,1-5H3,(H,28,29,30,32)/t15-/m0/s1. The molecule has 6 heterocycles. The van der Waals surface area contributed by atoms with Crippen molar-refractivity contribution in [2.75, 3.05) is 18.5 Å². The number of rotatable bonds is 5. The first-order chi connectivity index (χ1) is 17.7. The summed E-state index contributed by atoms with van der Waals surface area (Å²) in [6, 6.07) is 4.19. The van der Waals surface area contributed by atoms with Gasteiger partial charge in [0.2, 0.25) is 5.95 Å². The van der Waals surface area contributed by atoms with E-state index >= 15 is 0 Å². The van der Waals surface area contributed by atoms with E-state index in [-0.39, 0.29) is 11.5 Å². The highest BCUT2D eigenvalue weighted by atomic mass is 35.5. The number of aromatic nitrogens is 8. The molecule has 12 heteroatoms. The number of ether oxygens (including phenoxy) is 2. The van der Waals surface area contributed by atoms with Crippen LogP contribution < -0.4 is 10.1 Å². The molecule has 0 aromatic carbocycles. The van der Waals surface area contributed by atoms with E-state index in [9.17, 15) is 0 Å². The second-order valence-corrected chi connectivity index (χ2v) is 10.7. The smallest absolute Gasteiger partial charge is 0.210 e. The van der Waals surface area contributed by atoms with Gasteiger partial charge in [0.05, 0.1) is 36.9 Å². The number of aryl methyl sites for hydroxylation is 2. The van der Waals surface area contributed by atoms with Crippen molar-refractivity contribution < 1.29 is 9.47 Å². The molecule has 6 rings (SSSR count). The Hall–Kier alpha value is -3.70. The third-order valence-corrected chi connectivity index (χ3v) is 6.81. The van der Waals surface area contributed by atoms with E-state index in [0.29, 0.717) is 46.1 Å². The van der Waals surface area contributed by atoms with E-state index in [2.05, 4.69) is 56.9 Å². The van der Waals surface area contributed by atoms with Gasteiger partial charge in [-0.2, -0.15) is 15.2 Å². The van der Waals surface area contributed by atoms with Crippen molar-refractivity contribution in [1.82, 2.24) is 38.9 Å². The number of nitrogens with one attached hydrogen (secondary N) is 1. The van der Waals surface area contributed by atoms with Crippen LogP contribution in [0.5, 0.6) is 11.5 Å². The third-order valence-electron chi connectivity index (χ3n) is 6.44. The van der Waals surface area contributed by atoms with Crippen LogP contribution in [0.2, 0.25) is 5.02 Å². The lowest BCUT2D eigenvalue weighted by Crippen LogP contribution is -2.22. The SMILES string of the molecule is Cc1cc2ncc(Oc3cnc4nc(Nc5cc(C(C)(C)C)n([C@H]6CCOC6)n5)n(C)c4c3Cl)cn2n1. The molecule has 1 saturated heterocycles. The first-order valence-corrected chi connectivity index (χ1v) is 12.5. The van der Waals surface area contributed by atoms with Gasteiger partial charge >= 0.3 is 0 Å². The maximum Gasteiger partial charge on any atom is 0.210 e. The molecular weight excluding hydrogens is 494 g/mol. The zero-order chi connectivity index (χ0) is 25.9. The number of hydrogen-bond donors (Lipinski definition) is 1.